The zero-order valence-electron chi connectivity index (χ0n) is 7.13. The molecular weight excluding hydrogens is 164 g/mol. The summed E-state index contributed by atoms with van der Waals surface area (Å²) in [5, 5.41) is 4.10. The molecule has 1 aromatic heterocycles. The SMILES string of the molecule is C=O.c1ccc(-n2cccn2)cc1. The van der Waals surface area contributed by atoms with Gasteiger partial charge in [-0.3, -0.25) is 0 Å². The lowest BCUT2D eigenvalue weighted by Gasteiger charge is -1.97. The van der Waals surface area contributed by atoms with Crippen LogP contribution in [-0.2, 0) is 4.79 Å². The molecule has 0 spiro atoms. The number of hydrogen-bond donors (Lipinski definition) is 0. The molecule has 1 aromatic carbocycles. The van der Waals surface area contributed by atoms with E-state index in [1.807, 2.05) is 54.1 Å². The van der Waals surface area contributed by atoms with Gasteiger partial charge >= 0.3 is 0 Å². The summed E-state index contributed by atoms with van der Waals surface area (Å²) >= 11 is 0. The fraction of sp³-hybridized carbons (Fsp3) is 0. The first kappa shape index (κ1) is 9.19. The van der Waals surface area contributed by atoms with E-state index in [9.17, 15) is 0 Å². The third kappa shape index (κ3) is 2.27. The largest absolute Gasteiger partial charge is 0.307 e. The first-order valence-electron chi connectivity index (χ1n) is 3.81. The Morgan fingerprint density at radius 1 is 1.08 bits per heavy atom. The van der Waals surface area contributed by atoms with Crippen molar-refractivity contribution in [2.75, 3.05) is 0 Å². The fourth-order valence-electron chi connectivity index (χ4n) is 1.00. The number of rotatable bonds is 1. The second-order valence-electron chi connectivity index (χ2n) is 2.29. The van der Waals surface area contributed by atoms with Crippen LogP contribution in [0.4, 0.5) is 0 Å². The van der Waals surface area contributed by atoms with E-state index in [1.54, 1.807) is 6.20 Å². The van der Waals surface area contributed by atoms with Crippen LogP contribution in [0.25, 0.3) is 5.69 Å². The highest BCUT2D eigenvalue weighted by Crippen LogP contribution is 2.03. The quantitative estimate of drug-likeness (QED) is 0.659. The second kappa shape index (κ2) is 4.87. The van der Waals surface area contributed by atoms with Crippen molar-refractivity contribution in [3.63, 3.8) is 0 Å². The van der Waals surface area contributed by atoms with E-state index in [2.05, 4.69) is 5.10 Å². The minimum absolute atomic E-state index is 1.09. The standard InChI is InChI=1S/C9H8N2.CH2O/c1-2-5-9(6-3-1)11-8-4-7-10-11;1-2/h1-8H;1H2. The zero-order valence-corrected chi connectivity index (χ0v) is 7.13. The fourth-order valence-corrected chi connectivity index (χ4v) is 1.00. The molecule has 2 aromatic rings. The normalized spacial score (nSPS) is 8.62. The first-order chi connectivity index (χ1) is 6.47. The molecule has 1 heterocycles. The van der Waals surface area contributed by atoms with E-state index in [-0.39, 0.29) is 0 Å². The van der Waals surface area contributed by atoms with Gasteiger partial charge in [-0.25, -0.2) is 4.68 Å². The molecule has 0 radical (unpaired) electrons. The van der Waals surface area contributed by atoms with E-state index in [0.717, 1.165) is 5.69 Å². The minimum atomic E-state index is 1.09. The van der Waals surface area contributed by atoms with E-state index in [4.69, 9.17) is 4.79 Å². The van der Waals surface area contributed by atoms with Crippen LogP contribution in [0, 0.1) is 0 Å². The molecule has 3 heteroatoms. The van der Waals surface area contributed by atoms with Crippen LogP contribution in [0.5, 0.6) is 0 Å². The molecule has 66 valence electrons. The van der Waals surface area contributed by atoms with Crippen molar-refractivity contribution in [2.24, 2.45) is 0 Å². The molecule has 0 atom stereocenters. The van der Waals surface area contributed by atoms with Crippen LogP contribution < -0.4 is 0 Å². The van der Waals surface area contributed by atoms with Gasteiger partial charge in [0.2, 0.25) is 0 Å². The molecule has 0 amide bonds. The predicted octanol–water partition coefficient (Wildman–Crippen LogP) is 1.69. The lowest BCUT2D eigenvalue weighted by atomic mass is 10.3. The number of aromatic nitrogens is 2. The monoisotopic (exact) mass is 174 g/mol. The van der Waals surface area contributed by atoms with E-state index < -0.39 is 0 Å². The molecule has 13 heavy (non-hydrogen) atoms. The minimum Gasteiger partial charge on any atom is -0.307 e. The van der Waals surface area contributed by atoms with Gasteiger partial charge in [0.15, 0.2) is 0 Å². The molecule has 2 rings (SSSR count). The van der Waals surface area contributed by atoms with Crippen molar-refractivity contribution in [3.8, 4) is 5.69 Å². The topological polar surface area (TPSA) is 34.9 Å². The van der Waals surface area contributed by atoms with Gasteiger partial charge in [-0.05, 0) is 18.2 Å². The van der Waals surface area contributed by atoms with Crippen molar-refractivity contribution < 1.29 is 4.79 Å². The number of nitrogens with zero attached hydrogens (tertiary/aromatic N) is 2. The highest BCUT2D eigenvalue weighted by Gasteiger charge is 1.90. The van der Waals surface area contributed by atoms with Crippen molar-refractivity contribution >= 4 is 6.79 Å². The summed E-state index contributed by atoms with van der Waals surface area (Å²) in [6.07, 6.45) is 3.70. The average molecular weight is 174 g/mol. The highest BCUT2D eigenvalue weighted by atomic mass is 16.1. The third-order valence-corrected chi connectivity index (χ3v) is 1.53. The Labute approximate surface area is 76.6 Å². The molecule has 0 saturated carbocycles. The maximum absolute atomic E-state index is 8.00. The van der Waals surface area contributed by atoms with E-state index >= 15 is 0 Å². The summed E-state index contributed by atoms with van der Waals surface area (Å²) < 4.78 is 1.83. The molecule has 0 aliphatic carbocycles. The maximum atomic E-state index is 8.00. The summed E-state index contributed by atoms with van der Waals surface area (Å²) in [5.74, 6) is 0. The van der Waals surface area contributed by atoms with Gasteiger partial charge in [0.25, 0.3) is 0 Å². The number of hydrogen-bond acceptors (Lipinski definition) is 2. The molecule has 0 N–H and O–H groups in total. The summed E-state index contributed by atoms with van der Waals surface area (Å²) in [4.78, 5) is 8.00. The number of carbonyl (C=O) groups excluding carboxylic acids is 1. The van der Waals surface area contributed by atoms with Crippen LogP contribution in [0.1, 0.15) is 0 Å². The lowest BCUT2D eigenvalue weighted by molar-refractivity contribution is -0.0979. The van der Waals surface area contributed by atoms with Gasteiger partial charge in [-0.1, -0.05) is 18.2 Å². The number of carbonyl (C=O) groups is 1. The highest BCUT2D eigenvalue weighted by molar-refractivity contribution is 5.29. The Hall–Kier alpha value is -1.90. The molecule has 0 fully saturated rings. The van der Waals surface area contributed by atoms with E-state index in [0.29, 0.717) is 0 Å². The molecule has 0 unspecified atom stereocenters. The number of benzene rings is 1. The molecule has 3 nitrogen and oxygen atoms in total. The summed E-state index contributed by atoms with van der Waals surface area (Å²) in [7, 11) is 0. The van der Waals surface area contributed by atoms with Gasteiger partial charge in [0.1, 0.15) is 6.79 Å². The predicted molar refractivity (Wildman–Crippen MR) is 50.7 cm³/mol. The Morgan fingerprint density at radius 2 is 1.77 bits per heavy atom. The number of para-hydroxylation sites is 1. The Bertz CT molecular complexity index is 329. The first-order valence-corrected chi connectivity index (χ1v) is 3.81. The summed E-state index contributed by atoms with van der Waals surface area (Å²) in [6, 6.07) is 11.9. The van der Waals surface area contributed by atoms with Crippen molar-refractivity contribution in [1.82, 2.24) is 9.78 Å². The Kier molecular flexibility index (Phi) is 3.45. The van der Waals surface area contributed by atoms with Crippen LogP contribution >= 0.6 is 0 Å². The summed E-state index contributed by atoms with van der Waals surface area (Å²) in [5.41, 5.74) is 1.09. The molecular formula is C10H10N2O. The molecule has 0 aliphatic heterocycles. The zero-order chi connectivity index (χ0) is 9.52. The van der Waals surface area contributed by atoms with Crippen molar-refractivity contribution in [2.45, 2.75) is 0 Å². The van der Waals surface area contributed by atoms with Crippen LogP contribution in [0.2, 0.25) is 0 Å². The van der Waals surface area contributed by atoms with Gasteiger partial charge in [-0.15, -0.1) is 0 Å². The van der Waals surface area contributed by atoms with Crippen molar-refractivity contribution in [3.05, 3.63) is 48.8 Å². The van der Waals surface area contributed by atoms with Crippen LogP contribution in [-0.4, -0.2) is 16.6 Å². The lowest BCUT2D eigenvalue weighted by Crippen LogP contribution is -1.91. The van der Waals surface area contributed by atoms with Crippen molar-refractivity contribution in [1.29, 1.82) is 0 Å². The van der Waals surface area contributed by atoms with Gasteiger partial charge in [0.05, 0.1) is 5.69 Å². The Balaban J connectivity index is 0.000000396. The second-order valence-corrected chi connectivity index (χ2v) is 2.29. The Morgan fingerprint density at radius 3 is 2.31 bits per heavy atom. The van der Waals surface area contributed by atoms with E-state index in [1.165, 1.54) is 0 Å². The van der Waals surface area contributed by atoms with Gasteiger partial charge < -0.3 is 4.79 Å². The van der Waals surface area contributed by atoms with Crippen LogP contribution in [0.15, 0.2) is 48.8 Å². The molecule has 0 aliphatic rings. The average Bonchev–Trinajstić information content (AvgIpc) is 2.75. The van der Waals surface area contributed by atoms with Gasteiger partial charge in [0, 0.05) is 12.4 Å². The molecule has 0 saturated heterocycles. The van der Waals surface area contributed by atoms with Crippen LogP contribution in [0.3, 0.4) is 0 Å². The smallest absolute Gasteiger partial charge is 0.106 e. The summed E-state index contributed by atoms with van der Waals surface area (Å²) in [6.45, 7) is 2.00. The molecule has 0 bridgehead atoms. The third-order valence-electron chi connectivity index (χ3n) is 1.53. The van der Waals surface area contributed by atoms with Gasteiger partial charge in [-0.2, -0.15) is 5.10 Å². The maximum Gasteiger partial charge on any atom is 0.106 e.